The smallest absolute Gasteiger partial charge is 0.161 e. The summed E-state index contributed by atoms with van der Waals surface area (Å²) in [4.78, 5) is 0. The lowest BCUT2D eigenvalue weighted by molar-refractivity contribution is 0.288. The van der Waals surface area contributed by atoms with E-state index in [4.69, 9.17) is 21.1 Å². The minimum Gasteiger partial charge on any atom is -0.493 e. The molecular formula is C17H20ClNO2. The van der Waals surface area contributed by atoms with Crippen molar-refractivity contribution in [2.75, 3.05) is 20.3 Å². The largest absolute Gasteiger partial charge is 0.493 e. The second-order valence-corrected chi connectivity index (χ2v) is 5.16. The number of benzene rings is 2. The van der Waals surface area contributed by atoms with Gasteiger partial charge in [0, 0.05) is 17.6 Å². The molecule has 0 heterocycles. The molecule has 0 aliphatic rings. The zero-order chi connectivity index (χ0) is 15.1. The summed E-state index contributed by atoms with van der Waals surface area (Å²) in [5.41, 5.74) is 1.21. The fourth-order valence-electron chi connectivity index (χ4n) is 2.04. The van der Waals surface area contributed by atoms with Crippen LogP contribution < -0.4 is 14.8 Å². The van der Waals surface area contributed by atoms with Crippen molar-refractivity contribution in [3.05, 3.63) is 59.1 Å². The lowest BCUT2D eigenvalue weighted by atomic mass is 10.1. The molecule has 2 aromatic rings. The first-order valence-electron chi connectivity index (χ1n) is 6.95. The molecule has 1 atom stereocenters. The van der Waals surface area contributed by atoms with Crippen LogP contribution in [0.3, 0.4) is 0 Å². The first-order valence-corrected chi connectivity index (χ1v) is 7.33. The van der Waals surface area contributed by atoms with E-state index in [1.807, 2.05) is 48.5 Å². The van der Waals surface area contributed by atoms with Gasteiger partial charge in [0.2, 0.25) is 0 Å². The van der Waals surface area contributed by atoms with Crippen LogP contribution in [0, 0.1) is 0 Å². The third-order valence-corrected chi connectivity index (χ3v) is 3.50. The average molecular weight is 306 g/mol. The Bertz CT molecular complexity index is 557. The van der Waals surface area contributed by atoms with Gasteiger partial charge in [-0.1, -0.05) is 35.9 Å². The van der Waals surface area contributed by atoms with E-state index < -0.39 is 0 Å². The normalized spacial score (nSPS) is 12.0. The molecule has 0 saturated heterocycles. The topological polar surface area (TPSA) is 30.5 Å². The van der Waals surface area contributed by atoms with Gasteiger partial charge in [0.05, 0.1) is 7.11 Å². The maximum absolute atomic E-state index is 5.89. The van der Waals surface area contributed by atoms with Crippen molar-refractivity contribution in [3.63, 3.8) is 0 Å². The highest BCUT2D eigenvalue weighted by Gasteiger charge is 2.05. The molecule has 0 aliphatic heterocycles. The number of rotatable bonds is 7. The monoisotopic (exact) mass is 305 g/mol. The fourth-order valence-corrected chi connectivity index (χ4v) is 2.17. The molecule has 0 unspecified atom stereocenters. The summed E-state index contributed by atoms with van der Waals surface area (Å²) in [6, 6.07) is 15.8. The van der Waals surface area contributed by atoms with Crippen molar-refractivity contribution in [1.82, 2.24) is 5.32 Å². The zero-order valence-electron chi connectivity index (χ0n) is 12.3. The van der Waals surface area contributed by atoms with E-state index in [0.717, 1.165) is 23.1 Å². The molecule has 2 rings (SSSR count). The standard InChI is InChI=1S/C17H20ClNO2/c1-13(14-7-9-15(18)10-8-14)19-11-12-21-17-6-4-3-5-16(17)20-2/h3-10,13,19H,11-12H2,1-2H3/t13-/m0/s1. The molecule has 21 heavy (non-hydrogen) atoms. The van der Waals surface area contributed by atoms with E-state index in [-0.39, 0.29) is 6.04 Å². The lowest BCUT2D eigenvalue weighted by Crippen LogP contribution is -2.24. The van der Waals surface area contributed by atoms with Crippen molar-refractivity contribution < 1.29 is 9.47 Å². The third-order valence-electron chi connectivity index (χ3n) is 3.25. The van der Waals surface area contributed by atoms with Crippen LogP contribution in [0.15, 0.2) is 48.5 Å². The molecule has 0 aliphatic carbocycles. The summed E-state index contributed by atoms with van der Waals surface area (Å²) >= 11 is 5.89. The van der Waals surface area contributed by atoms with Gasteiger partial charge in [-0.25, -0.2) is 0 Å². The van der Waals surface area contributed by atoms with E-state index in [1.54, 1.807) is 7.11 Å². The Labute approximate surface area is 130 Å². The van der Waals surface area contributed by atoms with Crippen LogP contribution in [0.4, 0.5) is 0 Å². The quantitative estimate of drug-likeness (QED) is 0.782. The highest BCUT2D eigenvalue weighted by atomic mass is 35.5. The van der Waals surface area contributed by atoms with Crippen molar-refractivity contribution in [2.24, 2.45) is 0 Å². The number of hydrogen-bond acceptors (Lipinski definition) is 3. The first-order chi connectivity index (χ1) is 10.2. The first kappa shape index (κ1) is 15.7. The number of halogens is 1. The van der Waals surface area contributed by atoms with Gasteiger partial charge in [0.1, 0.15) is 6.61 Å². The highest BCUT2D eigenvalue weighted by molar-refractivity contribution is 6.30. The summed E-state index contributed by atoms with van der Waals surface area (Å²) in [6.07, 6.45) is 0. The Hall–Kier alpha value is -1.71. The second kappa shape index (κ2) is 7.91. The molecule has 0 radical (unpaired) electrons. The Morgan fingerprint density at radius 2 is 1.71 bits per heavy atom. The summed E-state index contributed by atoms with van der Waals surface area (Å²) in [5, 5.41) is 4.17. The van der Waals surface area contributed by atoms with E-state index in [9.17, 15) is 0 Å². The average Bonchev–Trinajstić information content (AvgIpc) is 2.52. The molecule has 0 amide bonds. The van der Waals surface area contributed by atoms with E-state index >= 15 is 0 Å². The predicted molar refractivity (Wildman–Crippen MR) is 86.4 cm³/mol. The van der Waals surface area contributed by atoms with Gasteiger partial charge in [0.25, 0.3) is 0 Å². The summed E-state index contributed by atoms with van der Waals surface area (Å²) in [6.45, 7) is 3.45. The molecule has 2 aromatic carbocycles. The SMILES string of the molecule is COc1ccccc1OCCN[C@@H](C)c1ccc(Cl)cc1. The molecule has 0 bridgehead atoms. The molecular weight excluding hydrogens is 286 g/mol. The van der Waals surface area contributed by atoms with Gasteiger partial charge in [-0.05, 0) is 36.8 Å². The Morgan fingerprint density at radius 3 is 2.38 bits per heavy atom. The number of methoxy groups -OCH3 is 1. The van der Waals surface area contributed by atoms with Gasteiger partial charge >= 0.3 is 0 Å². The van der Waals surface area contributed by atoms with Crippen LogP contribution in [0.25, 0.3) is 0 Å². The van der Waals surface area contributed by atoms with Crippen LogP contribution in [0.1, 0.15) is 18.5 Å². The van der Waals surface area contributed by atoms with Crippen molar-refractivity contribution >= 4 is 11.6 Å². The molecule has 3 nitrogen and oxygen atoms in total. The molecule has 112 valence electrons. The van der Waals surface area contributed by atoms with E-state index in [0.29, 0.717) is 6.61 Å². The van der Waals surface area contributed by atoms with Crippen LogP contribution in [-0.4, -0.2) is 20.3 Å². The summed E-state index contributed by atoms with van der Waals surface area (Å²) in [7, 11) is 1.64. The van der Waals surface area contributed by atoms with Crippen molar-refractivity contribution in [2.45, 2.75) is 13.0 Å². The van der Waals surface area contributed by atoms with Gasteiger partial charge in [-0.15, -0.1) is 0 Å². The Balaban J connectivity index is 1.78. The second-order valence-electron chi connectivity index (χ2n) is 4.73. The molecule has 0 saturated carbocycles. The number of para-hydroxylation sites is 2. The molecule has 0 spiro atoms. The van der Waals surface area contributed by atoms with Crippen LogP contribution in [0.5, 0.6) is 11.5 Å². The van der Waals surface area contributed by atoms with Crippen molar-refractivity contribution in [1.29, 1.82) is 0 Å². The molecule has 1 N–H and O–H groups in total. The van der Waals surface area contributed by atoms with Crippen LogP contribution in [-0.2, 0) is 0 Å². The van der Waals surface area contributed by atoms with Crippen LogP contribution >= 0.6 is 11.6 Å². The maximum atomic E-state index is 5.89. The van der Waals surface area contributed by atoms with Crippen LogP contribution in [0.2, 0.25) is 5.02 Å². The zero-order valence-corrected chi connectivity index (χ0v) is 13.1. The minimum absolute atomic E-state index is 0.253. The maximum Gasteiger partial charge on any atom is 0.161 e. The van der Waals surface area contributed by atoms with E-state index in [2.05, 4.69) is 12.2 Å². The Kier molecular flexibility index (Phi) is 5.90. The summed E-state index contributed by atoms with van der Waals surface area (Å²) < 4.78 is 11.0. The number of ether oxygens (including phenoxy) is 2. The Morgan fingerprint density at radius 1 is 1.05 bits per heavy atom. The van der Waals surface area contributed by atoms with Gasteiger partial charge < -0.3 is 14.8 Å². The van der Waals surface area contributed by atoms with Gasteiger partial charge in [-0.3, -0.25) is 0 Å². The predicted octanol–water partition coefficient (Wildman–Crippen LogP) is 4.08. The highest BCUT2D eigenvalue weighted by Crippen LogP contribution is 2.25. The van der Waals surface area contributed by atoms with Gasteiger partial charge in [-0.2, -0.15) is 0 Å². The minimum atomic E-state index is 0.253. The van der Waals surface area contributed by atoms with Gasteiger partial charge in [0.15, 0.2) is 11.5 Å². The summed E-state index contributed by atoms with van der Waals surface area (Å²) in [5.74, 6) is 1.52. The molecule has 0 fully saturated rings. The molecule has 4 heteroatoms. The lowest BCUT2D eigenvalue weighted by Gasteiger charge is -2.15. The fraction of sp³-hybridized carbons (Fsp3) is 0.294. The third kappa shape index (κ3) is 4.66. The number of nitrogens with one attached hydrogen (secondary N) is 1. The van der Waals surface area contributed by atoms with E-state index in [1.165, 1.54) is 5.56 Å². The number of hydrogen-bond donors (Lipinski definition) is 1. The molecule has 0 aromatic heterocycles. The van der Waals surface area contributed by atoms with Crippen molar-refractivity contribution in [3.8, 4) is 11.5 Å².